The average molecular weight is 370 g/mol. The summed E-state index contributed by atoms with van der Waals surface area (Å²) >= 11 is 0. The lowest BCUT2D eigenvalue weighted by atomic mass is 10.1. The monoisotopic (exact) mass is 370 g/mol. The van der Waals surface area contributed by atoms with Crippen molar-refractivity contribution in [3.05, 3.63) is 36.0 Å². The Labute approximate surface area is 159 Å². The SMILES string of the molecule is COc1ccc(-c2cc3n(n2)CCCN(C(=O)NC[C@H]2CCCO2)C3)cc1. The summed E-state index contributed by atoms with van der Waals surface area (Å²) in [4.78, 5) is 14.4. The third-order valence-electron chi connectivity index (χ3n) is 5.19. The van der Waals surface area contributed by atoms with Crippen molar-refractivity contribution in [1.82, 2.24) is 20.0 Å². The van der Waals surface area contributed by atoms with Crippen LogP contribution in [-0.2, 0) is 17.8 Å². The predicted octanol–water partition coefficient (Wildman–Crippen LogP) is 2.65. The second-order valence-corrected chi connectivity index (χ2v) is 7.07. The summed E-state index contributed by atoms with van der Waals surface area (Å²) in [5.74, 6) is 0.827. The zero-order valence-corrected chi connectivity index (χ0v) is 15.7. The summed E-state index contributed by atoms with van der Waals surface area (Å²) in [6.45, 7) is 3.52. The Bertz CT molecular complexity index is 781. The van der Waals surface area contributed by atoms with Crippen molar-refractivity contribution in [3.8, 4) is 17.0 Å². The number of carbonyl (C=O) groups excluding carboxylic acids is 1. The number of urea groups is 1. The molecule has 2 aliphatic heterocycles. The van der Waals surface area contributed by atoms with Gasteiger partial charge in [0.2, 0.25) is 0 Å². The van der Waals surface area contributed by atoms with Crippen LogP contribution in [0.15, 0.2) is 30.3 Å². The van der Waals surface area contributed by atoms with Gasteiger partial charge in [0.15, 0.2) is 0 Å². The van der Waals surface area contributed by atoms with Crippen molar-refractivity contribution in [2.24, 2.45) is 0 Å². The van der Waals surface area contributed by atoms with E-state index in [0.29, 0.717) is 13.1 Å². The van der Waals surface area contributed by atoms with Crippen LogP contribution in [0.4, 0.5) is 4.79 Å². The molecule has 27 heavy (non-hydrogen) atoms. The summed E-state index contributed by atoms with van der Waals surface area (Å²) in [7, 11) is 1.66. The van der Waals surface area contributed by atoms with Crippen molar-refractivity contribution in [2.45, 2.75) is 38.5 Å². The van der Waals surface area contributed by atoms with Gasteiger partial charge in [0.05, 0.1) is 31.1 Å². The first-order valence-electron chi connectivity index (χ1n) is 9.58. The molecule has 1 N–H and O–H groups in total. The van der Waals surface area contributed by atoms with E-state index in [9.17, 15) is 4.79 Å². The number of amides is 2. The van der Waals surface area contributed by atoms with Gasteiger partial charge >= 0.3 is 6.03 Å². The fraction of sp³-hybridized carbons (Fsp3) is 0.500. The molecule has 1 atom stereocenters. The summed E-state index contributed by atoms with van der Waals surface area (Å²) in [5, 5.41) is 7.76. The van der Waals surface area contributed by atoms with Crippen LogP contribution in [0.1, 0.15) is 25.0 Å². The molecule has 1 saturated heterocycles. The highest BCUT2D eigenvalue weighted by molar-refractivity contribution is 5.74. The first-order chi connectivity index (χ1) is 13.2. The topological polar surface area (TPSA) is 68.6 Å². The normalized spacial score (nSPS) is 19.4. The maximum Gasteiger partial charge on any atom is 0.317 e. The minimum atomic E-state index is -0.0221. The summed E-state index contributed by atoms with van der Waals surface area (Å²) in [6, 6.07) is 9.94. The van der Waals surface area contributed by atoms with Crippen molar-refractivity contribution in [2.75, 3.05) is 26.8 Å². The van der Waals surface area contributed by atoms with Crippen LogP contribution in [0.5, 0.6) is 5.75 Å². The van der Waals surface area contributed by atoms with Gasteiger partial charge in [-0.25, -0.2) is 4.79 Å². The summed E-state index contributed by atoms with van der Waals surface area (Å²) < 4.78 is 12.8. The molecular weight excluding hydrogens is 344 g/mol. The van der Waals surface area contributed by atoms with E-state index in [0.717, 1.165) is 61.7 Å². The number of aromatic nitrogens is 2. The molecule has 0 spiro atoms. The van der Waals surface area contributed by atoms with Gasteiger partial charge in [-0.05, 0) is 49.6 Å². The number of carbonyl (C=O) groups is 1. The molecule has 2 aliphatic rings. The largest absolute Gasteiger partial charge is 0.497 e. The van der Waals surface area contributed by atoms with Crippen molar-refractivity contribution in [3.63, 3.8) is 0 Å². The quantitative estimate of drug-likeness (QED) is 0.898. The fourth-order valence-corrected chi connectivity index (χ4v) is 3.66. The highest BCUT2D eigenvalue weighted by atomic mass is 16.5. The number of fused-ring (bicyclic) bond motifs is 1. The number of nitrogens with zero attached hydrogens (tertiary/aromatic N) is 3. The van der Waals surface area contributed by atoms with Gasteiger partial charge in [-0.3, -0.25) is 4.68 Å². The van der Waals surface area contributed by atoms with E-state index >= 15 is 0 Å². The standard InChI is InChI=1S/C20H26N4O3/c1-26-17-7-5-15(6-8-17)19-12-16-14-23(9-3-10-24(16)22-19)20(25)21-13-18-4-2-11-27-18/h5-8,12,18H,2-4,9-11,13-14H2,1H3,(H,21,25)/t18-/m1/s1. The zero-order chi connectivity index (χ0) is 18.6. The van der Waals surface area contributed by atoms with Gasteiger partial charge in [-0.15, -0.1) is 0 Å². The number of ether oxygens (including phenoxy) is 2. The van der Waals surface area contributed by atoms with Crippen molar-refractivity contribution in [1.29, 1.82) is 0 Å². The molecule has 2 aromatic rings. The first kappa shape index (κ1) is 17.9. The number of benzene rings is 1. The van der Waals surface area contributed by atoms with Crippen LogP contribution in [0.25, 0.3) is 11.3 Å². The molecule has 1 aromatic carbocycles. The highest BCUT2D eigenvalue weighted by Crippen LogP contribution is 2.24. The van der Waals surface area contributed by atoms with E-state index in [1.807, 2.05) is 33.8 Å². The Morgan fingerprint density at radius 2 is 2.15 bits per heavy atom. The smallest absolute Gasteiger partial charge is 0.317 e. The van der Waals surface area contributed by atoms with E-state index < -0.39 is 0 Å². The van der Waals surface area contributed by atoms with Crippen LogP contribution < -0.4 is 10.1 Å². The number of methoxy groups -OCH3 is 1. The highest BCUT2D eigenvalue weighted by Gasteiger charge is 2.22. The Morgan fingerprint density at radius 1 is 1.30 bits per heavy atom. The van der Waals surface area contributed by atoms with E-state index in [1.54, 1.807) is 7.11 Å². The third-order valence-corrected chi connectivity index (χ3v) is 5.19. The van der Waals surface area contributed by atoms with Crippen LogP contribution in [0.3, 0.4) is 0 Å². The number of hydrogen-bond donors (Lipinski definition) is 1. The van der Waals surface area contributed by atoms with E-state index in [2.05, 4.69) is 11.4 Å². The molecular formula is C20H26N4O3. The van der Waals surface area contributed by atoms with Crippen LogP contribution in [0.2, 0.25) is 0 Å². The zero-order valence-electron chi connectivity index (χ0n) is 15.7. The van der Waals surface area contributed by atoms with Crippen LogP contribution in [-0.4, -0.2) is 53.6 Å². The second kappa shape index (κ2) is 8.00. The molecule has 4 rings (SSSR count). The van der Waals surface area contributed by atoms with Gasteiger partial charge < -0.3 is 19.7 Å². The number of nitrogens with one attached hydrogen (secondary N) is 1. The number of rotatable bonds is 4. The molecule has 0 unspecified atom stereocenters. The van der Waals surface area contributed by atoms with Crippen molar-refractivity contribution < 1.29 is 14.3 Å². The molecule has 1 fully saturated rings. The Balaban J connectivity index is 1.43. The van der Waals surface area contributed by atoms with Gasteiger partial charge in [0, 0.05) is 31.8 Å². The van der Waals surface area contributed by atoms with Crippen molar-refractivity contribution >= 4 is 6.03 Å². The average Bonchev–Trinajstić information content (AvgIpc) is 3.32. The molecule has 7 heteroatoms. The molecule has 0 saturated carbocycles. The van der Waals surface area contributed by atoms with Gasteiger partial charge in [-0.1, -0.05) is 0 Å². The molecule has 7 nitrogen and oxygen atoms in total. The summed E-state index contributed by atoms with van der Waals surface area (Å²) in [5.41, 5.74) is 3.03. The van der Waals surface area contributed by atoms with Crippen LogP contribution >= 0.6 is 0 Å². The molecule has 0 bridgehead atoms. The second-order valence-electron chi connectivity index (χ2n) is 7.07. The first-order valence-corrected chi connectivity index (χ1v) is 9.58. The van der Waals surface area contributed by atoms with Gasteiger partial charge in [0.25, 0.3) is 0 Å². The molecule has 2 amide bonds. The minimum absolute atomic E-state index is 0.0221. The molecule has 3 heterocycles. The van der Waals surface area contributed by atoms with E-state index in [-0.39, 0.29) is 12.1 Å². The third kappa shape index (κ3) is 4.08. The van der Waals surface area contributed by atoms with E-state index in [4.69, 9.17) is 14.6 Å². The molecule has 144 valence electrons. The lowest BCUT2D eigenvalue weighted by Gasteiger charge is -2.21. The maximum absolute atomic E-state index is 12.6. The fourth-order valence-electron chi connectivity index (χ4n) is 3.66. The minimum Gasteiger partial charge on any atom is -0.497 e. The predicted molar refractivity (Wildman–Crippen MR) is 102 cm³/mol. The lowest BCUT2D eigenvalue weighted by molar-refractivity contribution is 0.108. The van der Waals surface area contributed by atoms with Gasteiger partial charge in [-0.2, -0.15) is 5.10 Å². The molecule has 1 aromatic heterocycles. The van der Waals surface area contributed by atoms with Gasteiger partial charge in [0.1, 0.15) is 5.75 Å². The molecule has 0 radical (unpaired) electrons. The number of aryl methyl sites for hydroxylation is 1. The van der Waals surface area contributed by atoms with E-state index in [1.165, 1.54) is 0 Å². The molecule has 0 aliphatic carbocycles. The summed E-state index contributed by atoms with van der Waals surface area (Å²) in [6.07, 6.45) is 3.16. The lowest BCUT2D eigenvalue weighted by Crippen LogP contribution is -2.42. The Morgan fingerprint density at radius 3 is 2.89 bits per heavy atom. The van der Waals surface area contributed by atoms with Crippen LogP contribution in [0, 0.1) is 0 Å². The Kier molecular flexibility index (Phi) is 5.29. The Hall–Kier alpha value is -2.54. The maximum atomic E-state index is 12.6. The number of hydrogen-bond acceptors (Lipinski definition) is 4.